The Morgan fingerprint density at radius 1 is 1.53 bits per heavy atom. The molecule has 3 rings (SSSR count). The Morgan fingerprint density at radius 3 is 3.12 bits per heavy atom. The minimum absolute atomic E-state index is 0.0866. The molecule has 1 N–H and O–H groups in total. The predicted octanol–water partition coefficient (Wildman–Crippen LogP) is 0.976. The van der Waals surface area contributed by atoms with Gasteiger partial charge in [-0.25, -0.2) is 0 Å². The highest BCUT2D eigenvalue weighted by Crippen LogP contribution is 2.21. The number of aldehydes is 1. The number of hydrogen-bond donors (Lipinski definition) is 1. The molecule has 0 spiro atoms. The summed E-state index contributed by atoms with van der Waals surface area (Å²) in [5.74, 6) is -0.0866. The summed E-state index contributed by atoms with van der Waals surface area (Å²) >= 11 is 0. The first-order chi connectivity index (χ1) is 8.29. The molecule has 5 nitrogen and oxygen atoms in total. The number of rotatable bonds is 2. The number of nitrogens with one attached hydrogen (secondary N) is 1. The number of amides is 1. The van der Waals surface area contributed by atoms with Crippen molar-refractivity contribution in [2.75, 3.05) is 6.54 Å². The second-order valence-electron chi connectivity index (χ2n) is 4.16. The highest BCUT2D eigenvalue weighted by molar-refractivity contribution is 5.99. The minimum Gasteiger partial charge on any atom is -0.329 e. The minimum atomic E-state index is -0.248. The van der Waals surface area contributed by atoms with Gasteiger partial charge in [-0.1, -0.05) is 0 Å². The lowest BCUT2D eigenvalue weighted by atomic mass is 10.0. The van der Waals surface area contributed by atoms with Crippen LogP contribution in [0.2, 0.25) is 0 Å². The topological polar surface area (TPSA) is 66.1 Å². The number of fused-ring (bicyclic) bond motifs is 1. The zero-order chi connectivity index (χ0) is 11.8. The van der Waals surface area contributed by atoms with Gasteiger partial charge in [0.15, 0.2) is 0 Å². The second-order valence-corrected chi connectivity index (χ2v) is 4.16. The van der Waals surface area contributed by atoms with E-state index in [1.165, 1.54) is 0 Å². The third-order valence-electron chi connectivity index (χ3n) is 3.17. The number of carbonyl (C=O) groups excluding carboxylic acids is 2. The lowest BCUT2D eigenvalue weighted by molar-refractivity contribution is -0.114. The number of nitrogens with zero attached hydrogens (tertiary/aromatic N) is 2. The van der Waals surface area contributed by atoms with Gasteiger partial charge in [-0.2, -0.15) is 5.10 Å². The Hall–Kier alpha value is -2.17. The zero-order valence-corrected chi connectivity index (χ0v) is 9.09. The van der Waals surface area contributed by atoms with Gasteiger partial charge in [0, 0.05) is 17.5 Å². The first kappa shape index (κ1) is 10.0. The maximum atomic E-state index is 12.1. The van der Waals surface area contributed by atoms with Crippen LogP contribution >= 0.6 is 0 Å². The number of aromatic amines is 1. The molecule has 1 aliphatic heterocycles. The van der Waals surface area contributed by atoms with Crippen LogP contribution in [0, 0.1) is 0 Å². The van der Waals surface area contributed by atoms with Gasteiger partial charge in [0.2, 0.25) is 0 Å². The number of hydrogen-bond acceptors (Lipinski definition) is 3. The third kappa shape index (κ3) is 1.51. The predicted molar refractivity (Wildman–Crippen MR) is 61.6 cm³/mol. The Bertz CT molecular complexity index is 590. The standard InChI is InChI=1S/C12H11N3O2/c16-7-10-3-4-15(10)12(17)8-1-2-11-9(5-8)6-13-14-11/h1-2,5-7,10H,3-4H2,(H,13,14)/t10-/m1/s1. The largest absolute Gasteiger partial charge is 0.329 e. The fourth-order valence-corrected chi connectivity index (χ4v) is 2.04. The van der Waals surface area contributed by atoms with Crippen LogP contribution in [0.15, 0.2) is 24.4 Å². The molecule has 1 aromatic carbocycles. The van der Waals surface area contributed by atoms with Crippen LogP contribution in [0.1, 0.15) is 16.8 Å². The molecule has 2 heterocycles. The van der Waals surface area contributed by atoms with E-state index < -0.39 is 0 Å². The lowest BCUT2D eigenvalue weighted by Crippen LogP contribution is -2.51. The molecule has 5 heteroatoms. The quantitative estimate of drug-likeness (QED) is 0.780. The van der Waals surface area contributed by atoms with E-state index >= 15 is 0 Å². The SMILES string of the molecule is O=C[C@H]1CCN1C(=O)c1ccc2[nH]ncc2c1. The smallest absolute Gasteiger partial charge is 0.254 e. The van der Waals surface area contributed by atoms with Gasteiger partial charge < -0.3 is 9.69 Å². The number of H-pyrrole nitrogens is 1. The van der Waals surface area contributed by atoms with Crippen LogP contribution < -0.4 is 0 Å². The van der Waals surface area contributed by atoms with Gasteiger partial charge >= 0.3 is 0 Å². The fraction of sp³-hybridized carbons (Fsp3) is 0.250. The molecule has 2 aromatic rings. The fourth-order valence-electron chi connectivity index (χ4n) is 2.04. The van der Waals surface area contributed by atoms with Crippen LogP contribution in [0.25, 0.3) is 10.9 Å². The van der Waals surface area contributed by atoms with Crippen LogP contribution in [0.3, 0.4) is 0 Å². The van der Waals surface area contributed by atoms with Crippen molar-refractivity contribution >= 4 is 23.1 Å². The summed E-state index contributed by atoms with van der Waals surface area (Å²) in [5.41, 5.74) is 1.50. The molecule has 1 aliphatic rings. The highest BCUT2D eigenvalue weighted by Gasteiger charge is 2.32. The summed E-state index contributed by atoms with van der Waals surface area (Å²) in [6.45, 7) is 0.658. The maximum Gasteiger partial charge on any atom is 0.254 e. The van der Waals surface area contributed by atoms with Crippen molar-refractivity contribution in [3.63, 3.8) is 0 Å². The van der Waals surface area contributed by atoms with E-state index in [9.17, 15) is 9.59 Å². The number of benzene rings is 1. The summed E-state index contributed by atoms with van der Waals surface area (Å²) in [7, 11) is 0. The van der Waals surface area contributed by atoms with Crippen LogP contribution in [-0.2, 0) is 4.79 Å². The molecule has 86 valence electrons. The van der Waals surface area contributed by atoms with Crippen molar-refractivity contribution in [2.45, 2.75) is 12.5 Å². The van der Waals surface area contributed by atoms with Gasteiger partial charge in [0.05, 0.1) is 17.8 Å². The molecule has 1 amide bonds. The molecule has 0 bridgehead atoms. The molecule has 1 atom stereocenters. The van der Waals surface area contributed by atoms with Gasteiger partial charge in [-0.05, 0) is 24.6 Å². The van der Waals surface area contributed by atoms with Crippen molar-refractivity contribution in [3.05, 3.63) is 30.0 Å². The van der Waals surface area contributed by atoms with Crippen molar-refractivity contribution in [1.29, 1.82) is 0 Å². The molecule has 0 aliphatic carbocycles. The Kier molecular flexibility index (Phi) is 2.18. The van der Waals surface area contributed by atoms with Crippen molar-refractivity contribution in [1.82, 2.24) is 15.1 Å². The van der Waals surface area contributed by atoms with Gasteiger partial charge in [-0.3, -0.25) is 9.89 Å². The van der Waals surface area contributed by atoms with E-state index in [0.717, 1.165) is 23.6 Å². The van der Waals surface area contributed by atoms with E-state index in [1.807, 2.05) is 6.07 Å². The normalized spacial score (nSPS) is 19.1. The number of likely N-dealkylation sites (tertiary alicyclic amines) is 1. The Balaban J connectivity index is 1.92. The second kappa shape index (κ2) is 3.69. The summed E-state index contributed by atoms with van der Waals surface area (Å²) in [6, 6.07) is 5.12. The van der Waals surface area contributed by atoms with Crippen LogP contribution in [-0.4, -0.2) is 39.9 Å². The molecule has 0 radical (unpaired) electrons. The average molecular weight is 229 g/mol. The summed E-state index contributed by atoms with van der Waals surface area (Å²) in [5, 5.41) is 7.64. The van der Waals surface area contributed by atoms with E-state index in [0.29, 0.717) is 12.1 Å². The molecule has 0 saturated carbocycles. The summed E-state index contributed by atoms with van der Waals surface area (Å²) in [4.78, 5) is 24.4. The average Bonchev–Trinajstić information content (AvgIpc) is 2.74. The van der Waals surface area contributed by atoms with Crippen molar-refractivity contribution in [2.24, 2.45) is 0 Å². The molecule has 17 heavy (non-hydrogen) atoms. The summed E-state index contributed by atoms with van der Waals surface area (Å²) < 4.78 is 0. The highest BCUT2D eigenvalue weighted by atomic mass is 16.2. The van der Waals surface area contributed by atoms with E-state index in [-0.39, 0.29) is 11.9 Å². The number of carbonyl (C=O) groups is 2. The molecular formula is C12H11N3O2. The zero-order valence-electron chi connectivity index (χ0n) is 9.09. The first-order valence-corrected chi connectivity index (χ1v) is 5.49. The van der Waals surface area contributed by atoms with Crippen molar-refractivity contribution in [3.8, 4) is 0 Å². The third-order valence-corrected chi connectivity index (χ3v) is 3.17. The van der Waals surface area contributed by atoms with Gasteiger partial charge in [0.1, 0.15) is 6.29 Å². The Morgan fingerprint density at radius 2 is 2.41 bits per heavy atom. The monoisotopic (exact) mass is 229 g/mol. The van der Waals surface area contributed by atoms with E-state index in [4.69, 9.17) is 0 Å². The van der Waals surface area contributed by atoms with Crippen molar-refractivity contribution < 1.29 is 9.59 Å². The van der Waals surface area contributed by atoms with Gasteiger partial charge in [-0.15, -0.1) is 0 Å². The molecule has 1 fully saturated rings. The van der Waals surface area contributed by atoms with E-state index in [2.05, 4.69) is 10.2 Å². The first-order valence-electron chi connectivity index (χ1n) is 5.49. The van der Waals surface area contributed by atoms with Crippen LogP contribution in [0.4, 0.5) is 0 Å². The maximum absolute atomic E-state index is 12.1. The van der Waals surface area contributed by atoms with Crippen LogP contribution in [0.5, 0.6) is 0 Å². The van der Waals surface area contributed by atoms with Gasteiger partial charge in [0.25, 0.3) is 5.91 Å². The summed E-state index contributed by atoms with van der Waals surface area (Å²) in [6.07, 6.45) is 3.28. The van der Waals surface area contributed by atoms with E-state index in [1.54, 1.807) is 23.2 Å². The molecule has 1 aromatic heterocycles. The number of aromatic nitrogens is 2. The molecular weight excluding hydrogens is 218 g/mol. The molecule has 0 unspecified atom stereocenters. The lowest BCUT2D eigenvalue weighted by Gasteiger charge is -2.37. The Labute approximate surface area is 97.4 Å². The molecule has 1 saturated heterocycles.